The first kappa shape index (κ1) is 13.9. The van der Waals surface area contributed by atoms with Gasteiger partial charge in [0, 0.05) is 31.5 Å². The Balaban J connectivity index is 2.14. The second-order valence-electron chi connectivity index (χ2n) is 4.78. The maximum absolute atomic E-state index is 12.3. The zero-order valence-corrected chi connectivity index (χ0v) is 11.8. The SMILES string of the molecule is Cc1cc(CNC(=O)c2cc(N)ccc2N(C)C)no1. The van der Waals surface area contributed by atoms with E-state index in [-0.39, 0.29) is 5.91 Å². The Morgan fingerprint density at radius 1 is 1.40 bits per heavy atom. The number of hydrogen-bond donors (Lipinski definition) is 2. The van der Waals surface area contributed by atoms with E-state index >= 15 is 0 Å². The van der Waals surface area contributed by atoms with Gasteiger partial charge >= 0.3 is 0 Å². The van der Waals surface area contributed by atoms with E-state index < -0.39 is 0 Å². The lowest BCUT2D eigenvalue weighted by molar-refractivity contribution is 0.0950. The summed E-state index contributed by atoms with van der Waals surface area (Å²) in [5, 5.41) is 6.64. The molecule has 0 saturated carbocycles. The van der Waals surface area contributed by atoms with Crippen molar-refractivity contribution < 1.29 is 9.32 Å². The van der Waals surface area contributed by atoms with Crippen molar-refractivity contribution in [2.45, 2.75) is 13.5 Å². The van der Waals surface area contributed by atoms with Crippen molar-refractivity contribution in [1.82, 2.24) is 10.5 Å². The van der Waals surface area contributed by atoms with Gasteiger partial charge in [0.1, 0.15) is 11.5 Å². The van der Waals surface area contributed by atoms with Gasteiger partial charge in [0.05, 0.1) is 12.1 Å². The van der Waals surface area contributed by atoms with Crippen molar-refractivity contribution in [1.29, 1.82) is 0 Å². The second kappa shape index (κ2) is 5.64. The number of anilines is 2. The van der Waals surface area contributed by atoms with Crippen molar-refractivity contribution in [3.05, 3.63) is 41.3 Å². The number of nitrogens with two attached hydrogens (primary N) is 1. The molecular formula is C14H18N4O2. The van der Waals surface area contributed by atoms with E-state index in [1.54, 1.807) is 25.1 Å². The molecule has 0 spiro atoms. The molecule has 6 nitrogen and oxygen atoms in total. The van der Waals surface area contributed by atoms with Crippen LogP contribution in [0, 0.1) is 6.92 Å². The summed E-state index contributed by atoms with van der Waals surface area (Å²) < 4.78 is 4.95. The van der Waals surface area contributed by atoms with Crippen molar-refractivity contribution in [2.24, 2.45) is 0 Å². The highest BCUT2D eigenvalue weighted by atomic mass is 16.5. The van der Waals surface area contributed by atoms with Gasteiger partial charge in [-0.15, -0.1) is 0 Å². The molecule has 6 heteroatoms. The molecule has 0 aliphatic rings. The van der Waals surface area contributed by atoms with E-state index in [9.17, 15) is 4.79 Å². The minimum absolute atomic E-state index is 0.193. The van der Waals surface area contributed by atoms with E-state index in [1.807, 2.05) is 25.1 Å². The molecule has 0 radical (unpaired) electrons. The molecule has 20 heavy (non-hydrogen) atoms. The van der Waals surface area contributed by atoms with Crippen molar-refractivity contribution in [2.75, 3.05) is 24.7 Å². The third-order valence-electron chi connectivity index (χ3n) is 2.85. The van der Waals surface area contributed by atoms with Gasteiger partial charge in [-0.2, -0.15) is 0 Å². The zero-order chi connectivity index (χ0) is 14.7. The molecule has 0 atom stereocenters. The number of benzene rings is 1. The van der Waals surface area contributed by atoms with Gasteiger partial charge in [-0.3, -0.25) is 4.79 Å². The van der Waals surface area contributed by atoms with Crippen LogP contribution in [0.5, 0.6) is 0 Å². The number of amides is 1. The number of aromatic nitrogens is 1. The Kier molecular flexibility index (Phi) is 3.93. The third-order valence-corrected chi connectivity index (χ3v) is 2.85. The number of hydrogen-bond acceptors (Lipinski definition) is 5. The van der Waals surface area contributed by atoms with Crippen molar-refractivity contribution >= 4 is 17.3 Å². The molecule has 2 aromatic rings. The van der Waals surface area contributed by atoms with Gasteiger partial charge < -0.3 is 20.5 Å². The highest BCUT2D eigenvalue weighted by molar-refractivity contribution is 6.00. The first-order valence-corrected chi connectivity index (χ1v) is 6.24. The third kappa shape index (κ3) is 3.09. The molecule has 0 bridgehead atoms. The Labute approximate surface area is 117 Å². The summed E-state index contributed by atoms with van der Waals surface area (Å²) in [6, 6.07) is 7.04. The fraction of sp³-hybridized carbons (Fsp3) is 0.286. The van der Waals surface area contributed by atoms with Crippen LogP contribution in [0.15, 0.2) is 28.8 Å². The fourth-order valence-corrected chi connectivity index (χ4v) is 1.89. The highest BCUT2D eigenvalue weighted by Crippen LogP contribution is 2.21. The number of nitrogens with one attached hydrogen (secondary N) is 1. The Hall–Kier alpha value is -2.50. The van der Waals surface area contributed by atoms with Crippen molar-refractivity contribution in [3.8, 4) is 0 Å². The molecule has 0 unspecified atom stereocenters. The van der Waals surface area contributed by atoms with Gasteiger partial charge in [0.15, 0.2) is 0 Å². The summed E-state index contributed by atoms with van der Waals surface area (Å²) in [6.45, 7) is 2.12. The van der Waals surface area contributed by atoms with Gasteiger partial charge in [-0.1, -0.05) is 5.16 Å². The summed E-state index contributed by atoms with van der Waals surface area (Å²) in [5.41, 5.74) is 8.34. The van der Waals surface area contributed by atoms with Gasteiger partial charge in [0.2, 0.25) is 0 Å². The van der Waals surface area contributed by atoms with Crippen LogP contribution in [0.2, 0.25) is 0 Å². The highest BCUT2D eigenvalue weighted by Gasteiger charge is 2.13. The summed E-state index contributed by atoms with van der Waals surface area (Å²) in [5.74, 6) is 0.522. The van der Waals surface area contributed by atoms with Crippen LogP contribution in [0.4, 0.5) is 11.4 Å². The number of nitrogens with zero attached hydrogens (tertiary/aromatic N) is 2. The van der Waals surface area contributed by atoms with E-state index in [2.05, 4.69) is 10.5 Å². The predicted molar refractivity (Wildman–Crippen MR) is 77.6 cm³/mol. The average Bonchev–Trinajstić information content (AvgIpc) is 2.81. The van der Waals surface area contributed by atoms with Gasteiger partial charge in [-0.05, 0) is 25.1 Å². The molecule has 0 fully saturated rings. The molecule has 1 aromatic heterocycles. The number of aryl methyl sites for hydroxylation is 1. The fourth-order valence-electron chi connectivity index (χ4n) is 1.89. The van der Waals surface area contributed by atoms with Crippen LogP contribution < -0.4 is 16.0 Å². The van der Waals surface area contributed by atoms with Crippen LogP contribution in [0.1, 0.15) is 21.8 Å². The number of nitrogen functional groups attached to an aromatic ring is 1. The minimum Gasteiger partial charge on any atom is -0.399 e. The number of carbonyl (C=O) groups excluding carboxylic acids is 1. The predicted octanol–water partition coefficient (Wildman–Crippen LogP) is 1.56. The summed E-state index contributed by atoms with van der Waals surface area (Å²) >= 11 is 0. The summed E-state index contributed by atoms with van der Waals surface area (Å²) in [6.07, 6.45) is 0. The molecule has 0 aliphatic carbocycles. The van der Waals surface area contributed by atoms with Crippen LogP contribution >= 0.6 is 0 Å². The standard InChI is InChI=1S/C14H18N4O2/c1-9-6-11(17-20-9)8-16-14(19)12-7-10(15)4-5-13(12)18(2)3/h4-7H,8,15H2,1-3H3,(H,16,19). The molecule has 1 heterocycles. The molecule has 0 saturated heterocycles. The molecule has 2 rings (SSSR count). The minimum atomic E-state index is -0.193. The number of carbonyl (C=O) groups is 1. The lowest BCUT2D eigenvalue weighted by Gasteiger charge is -2.17. The first-order chi connectivity index (χ1) is 9.47. The smallest absolute Gasteiger partial charge is 0.253 e. The molecule has 1 amide bonds. The molecule has 106 valence electrons. The normalized spacial score (nSPS) is 10.3. The van der Waals surface area contributed by atoms with Crippen LogP contribution in [0.3, 0.4) is 0 Å². The topological polar surface area (TPSA) is 84.4 Å². The van der Waals surface area contributed by atoms with E-state index in [0.29, 0.717) is 29.2 Å². The maximum atomic E-state index is 12.3. The summed E-state index contributed by atoms with van der Waals surface area (Å²) in [4.78, 5) is 14.1. The lowest BCUT2D eigenvalue weighted by Crippen LogP contribution is -2.25. The Bertz CT molecular complexity index is 619. The maximum Gasteiger partial charge on any atom is 0.253 e. The first-order valence-electron chi connectivity index (χ1n) is 6.24. The number of rotatable bonds is 4. The molecule has 1 aromatic carbocycles. The Morgan fingerprint density at radius 3 is 2.75 bits per heavy atom. The second-order valence-corrected chi connectivity index (χ2v) is 4.78. The van der Waals surface area contributed by atoms with Crippen LogP contribution in [0.25, 0.3) is 0 Å². The average molecular weight is 274 g/mol. The van der Waals surface area contributed by atoms with E-state index in [1.165, 1.54) is 0 Å². The monoisotopic (exact) mass is 274 g/mol. The molecule has 0 aliphatic heterocycles. The Morgan fingerprint density at radius 2 is 2.15 bits per heavy atom. The molecular weight excluding hydrogens is 256 g/mol. The van der Waals surface area contributed by atoms with Crippen LogP contribution in [-0.2, 0) is 6.54 Å². The lowest BCUT2D eigenvalue weighted by atomic mass is 10.1. The van der Waals surface area contributed by atoms with E-state index in [0.717, 1.165) is 5.69 Å². The van der Waals surface area contributed by atoms with E-state index in [4.69, 9.17) is 10.3 Å². The largest absolute Gasteiger partial charge is 0.399 e. The zero-order valence-electron chi connectivity index (χ0n) is 11.8. The quantitative estimate of drug-likeness (QED) is 0.827. The van der Waals surface area contributed by atoms with Gasteiger partial charge in [0.25, 0.3) is 5.91 Å². The van der Waals surface area contributed by atoms with Crippen LogP contribution in [-0.4, -0.2) is 25.2 Å². The summed E-state index contributed by atoms with van der Waals surface area (Å²) in [7, 11) is 3.76. The van der Waals surface area contributed by atoms with Gasteiger partial charge in [-0.25, -0.2) is 0 Å². The molecule has 3 N–H and O–H groups in total. The van der Waals surface area contributed by atoms with Crippen molar-refractivity contribution in [3.63, 3.8) is 0 Å².